The number of hydrogen-bond acceptors (Lipinski definition) is 2. The summed E-state index contributed by atoms with van der Waals surface area (Å²) in [6.45, 7) is 10.4. The summed E-state index contributed by atoms with van der Waals surface area (Å²) in [7, 11) is 0. The lowest BCUT2D eigenvalue weighted by Gasteiger charge is -2.20. The van der Waals surface area contributed by atoms with Crippen LogP contribution in [-0.4, -0.2) is 11.8 Å². The molecule has 26 heavy (non-hydrogen) atoms. The zero-order valence-electron chi connectivity index (χ0n) is 16.2. The van der Waals surface area contributed by atoms with Crippen molar-refractivity contribution in [2.24, 2.45) is 0 Å². The lowest BCUT2D eigenvalue weighted by Crippen LogP contribution is -2.22. The van der Waals surface area contributed by atoms with Gasteiger partial charge in [0.1, 0.15) is 6.42 Å². The van der Waals surface area contributed by atoms with Gasteiger partial charge in [-0.3, -0.25) is 9.59 Å². The molecule has 2 amide bonds. The van der Waals surface area contributed by atoms with Gasteiger partial charge in [0.05, 0.1) is 0 Å². The highest BCUT2D eigenvalue weighted by atomic mass is 16.2. The number of anilines is 2. The van der Waals surface area contributed by atoms with Crippen LogP contribution in [0.2, 0.25) is 0 Å². The minimum Gasteiger partial charge on any atom is -0.326 e. The Morgan fingerprint density at radius 3 is 1.81 bits per heavy atom. The van der Waals surface area contributed by atoms with E-state index in [-0.39, 0.29) is 30.1 Å². The zero-order chi connectivity index (χ0) is 19.3. The van der Waals surface area contributed by atoms with Gasteiger partial charge in [-0.05, 0) is 42.0 Å². The molecule has 0 heterocycles. The van der Waals surface area contributed by atoms with E-state index in [0.29, 0.717) is 5.69 Å². The first kappa shape index (κ1) is 19.7. The average Bonchev–Trinajstić information content (AvgIpc) is 2.56. The maximum absolute atomic E-state index is 12.4. The van der Waals surface area contributed by atoms with Crippen LogP contribution in [0, 0.1) is 6.92 Å². The van der Waals surface area contributed by atoms with Crippen LogP contribution in [0.1, 0.15) is 62.6 Å². The van der Waals surface area contributed by atoms with Gasteiger partial charge in [0, 0.05) is 11.4 Å². The highest BCUT2D eigenvalue weighted by Crippen LogP contribution is 2.32. The number of nitrogens with one attached hydrogen (secondary N) is 2. The second-order valence-electron chi connectivity index (χ2n) is 7.26. The lowest BCUT2D eigenvalue weighted by atomic mass is 9.92. The number of benzene rings is 2. The standard InChI is InChI=1S/C22H28N2O2/c1-14(2)18-7-6-8-19(15(3)4)22(18)24-21(26)13-20(25)23-17-11-9-16(5)10-12-17/h6-12,14-15H,13H2,1-5H3,(H,23,25)(H,24,26). The Balaban J connectivity index is 2.09. The SMILES string of the molecule is Cc1ccc(NC(=O)CC(=O)Nc2c(C(C)C)cccc2C(C)C)cc1. The van der Waals surface area contributed by atoms with Crippen LogP contribution < -0.4 is 10.6 Å². The van der Waals surface area contributed by atoms with Crippen LogP contribution in [-0.2, 0) is 9.59 Å². The molecule has 0 aliphatic heterocycles. The topological polar surface area (TPSA) is 58.2 Å². The van der Waals surface area contributed by atoms with Gasteiger partial charge < -0.3 is 10.6 Å². The monoisotopic (exact) mass is 352 g/mol. The van der Waals surface area contributed by atoms with E-state index in [1.54, 1.807) is 0 Å². The van der Waals surface area contributed by atoms with Gasteiger partial charge >= 0.3 is 0 Å². The molecule has 0 fully saturated rings. The van der Waals surface area contributed by atoms with Crippen LogP contribution in [0.3, 0.4) is 0 Å². The van der Waals surface area contributed by atoms with Crippen LogP contribution in [0.15, 0.2) is 42.5 Å². The van der Waals surface area contributed by atoms with Crippen molar-refractivity contribution in [3.05, 3.63) is 59.2 Å². The van der Waals surface area contributed by atoms with Gasteiger partial charge in [-0.1, -0.05) is 63.6 Å². The van der Waals surface area contributed by atoms with Crippen LogP contribution in [0.25, 0.3) is 0 Å². The maximum atomic E-state index is 12.4. The van der Waals surface area contributed by atoms with Crippen molar-refractivity contribution in [1.82, 2.24) is 0 Å². The Labute approximate surface area is 156 Å². The van der Waals surface area contributed by atoms with Crippen molar-refractivity contribution >= 4 is 23.2 Å². The van der Waals surface area contributed by atoms with E-state index in [0.717, 1.165) is 22.4 Å². The van der Waals surface area contributed by atoms with E-state index in [1.165, 1.54) is 0 Å². The summed E-state index contributed by atoms with van der Waals surface area (Å²) in [5.74, 6) is -0.0557. The van der Waals surface area contributed by atoms with Crippen molar-refractivity contribution < 1.29 is 9.59 Å². The molecular formula is C22H28N2O2. The predicted octanol–water partition coefficient (Wildman–Crippen LogP) is 5.21. The van der Waals surface area contributed by atoms with Crippen molar-refractivity contribution in [1.29, 1.82) is 0 Å². The summed E-state index contributed by atoms with van der Waals surface area (Å²) in [4.78, 5) is 24.6. The van der Waals surface area contributed by atoms with Crippen molar-refractivity contribution in [2.45, 2.75) is 52.9 Å². The number of carbonyl (C=O) groups excluding carboxylic acids is 2. The Hall–Kier alpha value is -2.62. The summed E-state index contributed by atoms with van der Waals surface area (Å²) >= 11 is 0. The minimum atomic E-state index is -0.320. The maximum Gasteiger partial charge on any atom is 0.233 e. The molecule has 4 heteroatoms. The molecule has 138 valence electrons. The molecule has 0 aliphatic rings. The molecule has 2 N–H and O–H groups in total. The smallest absolute Gasteiger partial charge is 0.233 e. The quantitative estimate of drug-likeness (QED) is 0.701. The Kier molecular flexibility index (Phi) is 6.56. The fraction of sp³-hybridized carbons (Fsp3) is 0.364. The van der Waals surface area contributed by atoms with E-state index in [2.05, 4.69) is 38.3 Å². The zero-order valence-corrected chi connectivity index (χ0v) is 16.2. The predicted molar refractivity (Wildman–Crippen MR) is 108 cm³/mol. The van der Waals surface area contributed by atoms with Crippen LogP contribution >= 0.6 is 0 Å². The van der Waals surface area contributed by atoms with E-state index in [1.807, 2.05) is 49.4 Å². The number of aryl methyl sites for hydroxylation is 1. The molecule has 0 spiro atoms. The highest BCUT2D eigenvalue weighted by Gasteiger charge is 2.17. The van der Waals surface area contributed by atoms with Gasteiger partial charge in [0.2, 0.25) is 11.8 Å². The third-order valence-electron chi connectivity index (χ3n) is 4.29. The van der Waals surface area contributed by atoms with E-state index in [4.69, 9.17) is 0 Å². The molecule has 0 radical (unpaired) electrons. The molecule has 0 aliphatic carbocycles. The highest BCUT2D eigenvalue weighted by molar-refractivity contribution is 6.08. The van der Waals surface area contributed by atoms with Crippen molar-refractivity contribution in [3.8, 4) is 0 Å². The van der Waals surface area contributed by atoms with Crippen molar-refractivity contribution in [3.63, 3.8) is 0 Å². The number of rotatable bonds is 6. The molecule has 0 saturated carbocycles. The summed E-state index contributed by atoms with van der Waals surface area (Å²) in [6.07, 6.45) is -0.210. The fourth-order valence-corrected chi connectivity index (χ4v) is 2.87. The molecule has 2 aromatic rings. The van der Waals surface area contributed by atoms with E-state index >= 15 is 0 Å². The molecule has 0 aromatic heterocycles. The largest absolute Gasteiger partial charge is 0.326 e. The summed E-state index contributed by atoms with van der Waals surface area (Å²) in [5.41, 5.74) is 4.82. The first-order valence-corrected chi connectivity index (χ1v) is 9.07. The molecule has 0 unspecified atom stereocenters. The van der Waals surface area contributed by atoms with E-state index < -0.39 is 0 Å². The molecule has 2 rings (SSSR count). The Morgan fingerprint density at radius 2 is 1.31 bits per heavy atom. The van der Waals surface area contributed by atoms with Gasteiger partial charge in [0.25, 0.3) is 0 Å². The second kappa shape index (κ2) is 8.65. The second-order valence-corrected chi connectivity index (χ2v) is 7.26. The third-order valence-corrected chi connectivity index (χ3v) is 4.29. The van der Waals surface area contributed by atoms with Gasteiger partial charge in [-0.15, -0.1) is 0 Å². The summed E-state index contributed by atoms with van der Waals surface area (Å²) < 4.78 is 0. The molecule has 2 aromatic carbocycles. The molecular weight excluding hydrogens is 324 g/mol. The van der Waals surface area contributed by atoms with Crippen LogP contribution in [0.5, 0.6) is 0 Å². The third kappa shape index (κ3) is 5.19. The summed E-state index contributed by atoms with van der Waals surface area (Å²) in [6, 6.07) is 13.6. The number of hydrogen-bond donors (Lipinski definition) is 2. The number of amides is 2. The fourth-order valence-electron chi connectivity index (χ4n) is 2.87. The van der Waals surface area contributed by atoms with Crippen molar-refractivity contribution in [2.75, 3.05) is 10.6 Å². The Bertz CT molecular complexity index is 751. The van der Waals surface area contributed by atoms with Gasteiger partial charge in [-0.2, -0.15) is 0 Å². The van der Waals surface area contributed by atoms with Crippen LogP contribution in [0.4, 0.5) is 11.4 Å². The van der Waals surface area contributed by atoms with E-state index in [9.17, 15) is 9.59 Å². The molecule has 0 saturated heterocycles. The molecule has 0 atom stereocenters. The normalized spacial score (nSPS) is 10.9. The van der Waals surface area contributed by atoms with Gasteiger partial charge in [0.15, 0.2) is 0 Å². The number of carbonyl (C=O) groups is 2. The molecule has 4 nitrogen and oxygen atoms in total. The van der Waals surface area contributed by atoms with Gasteiger partial charge in [-0.25, -0.2) is 0 Å². The summed E-state index contributed by atoms with van der Waals surface area (Å²) in [5, 5.41) is 5.73. The first-order chi connectivity index (χ1) is 12.3. The molecule has 0 bridgehead atoms. The number of para-hydroxylation sites is 1. The lowest BCUT2D eigenvalue weighted by molar-refractivity contribution is -0.123. The average molecular weight is 352 g/mol. The minimum absolute atomic E-state index is 0.210. The first-order valence-electron chi connectivity index (χ1n) is 9.07. The Morgan fingerprint density at radius 1 is 0.808 bits per heavy atom.